The summed E-state index contributed by atoms with van der Waals surface area (Å²) >= 11 is 0. The molecule has 9 radical (unpaired) electrons. The molecule has 0 saturated heterocycles. The van der Waals surface area contributed by atoms with Gasteiger partial charge in [-0.2, -0.15) is 61.5 Å². The Morgan fingerprint density at radius 3 is 0.790 bits per heavy atom. The predicted octanol–water partition coefficient (Wildman–Crippen LogP) is 23.4. The number of nitrogens with zero attached hydrogens (tertiary/aromatic N) is 18. The first kappa shape index (κ1) is 160. The molecular formula is C97H148Co9N18-8. The van der Waals surface area contributed by atoms with Crippen LogP contribution in [0.15, 0.2) is 319 Å². The summed E-state index contributed by atoms with van der Waals surface area (Å²) in [5, 5.41) is 8.24. The first-order valence-corrected chi connectivity index (χ1v) is 38.7. The number of rotatable bonds is 20. The summed E-state index contributed by atoms with van der Waals surface area (Å²) in [6.07, 6.45) is 51.4. The van der Waals surface area contributed by atoms with Crippen molar-refractivity contribution >= 4 is 55.9 Å². The molecule has 0 aliphatic rings. The second kappa shape index (κ2) is 139. The molecule has 1 atom stereocenters. The summed E-state index contributed by atoms with van der Waals surface area (Å²) in [4.78, 5) is 69.2. The zero-order valence-electron chi connectivity index (χ0n) is 77.8. The van der Waals surface area contributed by atoms with Gasteiger partial charge in [0.25, 0.3) is 0 Å². The quantitative estimate of drug-likeness (QED) is 0.0399. The third kappa shape index (κ3) is 149. The van der Waals surface area contributed by atoms with Gasteiger partial charge in [0.15, 0.2) is 0 Å². The van der Waals surface area contributed by atoms with Crippen molar-refractivity contribution in [3.8, 4) is 0 Å². The van der Waals surface area contributed by atoms with Gasteiger partial charge in [-0.1, -0.05) is 205 Å². The summed E-state index contributed by atoms with van der Waals surface area (Å²) < 4.78 is 0. The van der Waals surface area contributed by atoms with Gasteiger partial charge in [-0.15, -0.1) is 105 Å². The molecule has 715 valence electrons. The van der Waals surface area contributed by atoms with Crippen LogP contribution in [0.1, 0.15) is 222 Å². The molecule has 0 N–H and O–H groups in total. The van der Waals surface area contributed by atoms with Crippen molar-refractivity contribution in [2.45, 2.75) is 189 Å². The number of allylic oxidation sites excluding steroid dienone is 9. The molecule has 0 spiro atoms. The Morgan fingerprint density at radius 1 is 0.339 bits per heavy atom. The van der Waals surface area contributed by atoms with E-state index in [1.807, 2.05) is 205 Å². The molecule has 9 rings (SSSR count). The number of aromatic nitrogens is 9. The molecule has 0 bridgehead atoms. The fraction of sp³-hybridized carbons (Fsp3) is 0.351. The number of hydrogen-bond donors (Lipinski definition) is 0. The van der Waals surface area contributed by atoms with Crippen molar-refractivity contribution in [3.63, 3.8) is 0 Å². The second-order valence-corrected chi connectivity index (χ2v) is 24.0. The molecule has 0 amide bonds. The van der Waals surface area contributed by atoms with Crippen molar-refractivity contribution in [2.75, 3.05) is 33.2 Å². The van der Waals surface area contributed by atoms with Crippen molar-refractivity contribution in [2.24, 2.45) is 45.9 Å². The number of hydrogen-bond acceptors (Lipinski definition) is 8. The van der Waals surface area contributed by atoms with Gasteiger partial charge in [0.2, 0.25) is 0 Å². The average Bonchev–Trinajstić information content (AvgIpc) is 1.64. The van der Waals surface area contributed by atoms with Crippen LogP contribution in [-0.4, -0.2) is 107 Å². The molecule has 9 heterocycles. The van der Waals surface area contributed by atoms with E-state index < -0.39 is 0 Å². The Balaban J connectivity index is -0.0000000610. The number of aliphatic imine (C=N–C) groups is 8. The van der Waals surface area contributed by atoms with E-state index in [1.54, 1.807) is 154 Å². The van der Waals surface area contributed by atoms with Crippen molar-refractivity contribution < 1.29 is 151 Å². The van der Waals surface area contributed by atoms with E-state index in [0.717, 1.165) is 97.2 Å². The van der Waals surface area contributed by atoms with Crippen molar-refractivity contribution in [1.82, 2.24) is 44.9 Å². The molecule has 27 heteroatoms. The van der Waals surface area contributed by atoms with Crippen LogP contribution in [-0.2, 0) is 151 Å². The topological polar surface area (TPSA) is 248 Å². The van der Waals surface area contributed by atoms with E-state index in [2.05, 4.69) is 206 Å². The summed E-state index contributed by atoms with van der Waals surface area (Å²) in [7, 11) is 1.73. The second-order valence-electron chi connectivity index (χ2n) is 24.0. The minimum Gasteiger partial charge on any atom is -0.812 e. The Morgan fingerprint density at radius 2 is 0.581 bits per heavy atom. The van der Waals surface area contributed by atoms with Crippen LogP contribution in [0.2, 0.25) is 0 Å². The maximum absolute atomic E-state index is 8.24. The molecule has 124 heavy (non-hydrogen) atoms. The fourth-order valence-electron chi connectivity index (χ4n) is 5.67. The number of unbranched alkanes of at least 4 members (excludes halogenated alkanes) is 1. The van der Waals surface area contributed by atoms with Gasteiger partial charge in [-0.25, -0.2) is 6.21 Å². The van der Waals surface area contributed by atoms with Crippen LogP contribution >= 0.6 is 0 Å². The third-order valence-corrected chi connectivity index (χ3v) is 10.3. The van der Waals surface area contributed by atoms with Crippen LogP contribution < -0.4 is 44.9 Å². The van der Waals surface area contributed by atoms with Gasteiger partial charge < -0.3 is 50.3 Å². The molecule has 0 aliphatic heterocycles. The summed E-state index contributed by atoms with van der Waals surface area (Å²) in [6, 6.07) is 35.0. The van der Waals surface area contributed by atoms with E-state index in [-0.39, 0.29) is 157 Å². The molecule has 18 nitrogen and oxygen atoms in total. The van der Waals surface area contributed by atoms with Crippen LogP contribution in [0.5, 0.6) is 0 Å². The standard InChI is InChI=1S/4C9H13N2.2C8H11N2.C7H9N2.C6H7N2.C5H4N2.9C3H6.9Co/c1-9(2,3)11-7-8-5-4-6-10-8;1-8(2)6-10-7-9-4-3-5-11-9;1-3-8(2)11-7-9-5-4-6-10-9;1-2-3-6-10-8-9-5-4-7-11-9;1-7(2)10-6-8-4-3-5-9-8;1-2-5-9-7-8-4-3-6-10-8;1-2-8-6-7-4-3-5-9-7;1-7-5-6-3-2-4-8-6;6-4-5-2-1-3-7-5;9*1-3-2;;;;;;;;;/h4-7H,1-3H3;3-5,7-8H,6H2,1-2H3;4-8H,3H2,1-2H3;4-5,7-8H,2-3,6H2,1H3;3-7H,1-2H3;3-4,6-7H,2,5H2,1H3;3-6H,2H2,1H3;2-5H,1H3;1-4H;9*3H,1H2,2H3;;;;;;;;;/q8*-1;-2;;;;;;;;;;;;;;;;;;+2. The summed E-state index contributed by atoms with van der Waals surface area (Å²) in [6.45, 7) is 75.8. The molecule has 1 unspecified atom stereocenters. The van der Waals surface area contributed by atoms with E-state index in [9.17, 15) is 0 Å². The van der Waals surface area contributed by atoms with Crippen LogP contribution in [0.4, 0.5) is 0 Å². The van der Waals surface area contributed by atoms with Crippen molar-refractivity contribution in [3.05, 3.63) is 336 Å². The van der Waals surface area contributed by atoms with Gasteiger partial charge in [-0.05, 0) is 136 Å². The first-order valence-electron chi connectivity index (χ1n) is 38.7. The van der Waals surface area contributed by atoms with E-state index >= 15 is 0 Å². The van der Waals surface area contributed by atoms with Crippen LogP contribution in [0, 0.1) is 5.92 Å². The monoisotopic (exact) mass is 2100 g/mol. The Bertz CT molecular complexity index is 3500. The predicted molar refractivity (Wildman–Crippen MR) is 516 cm³/mol. The maximum Gasteiger partial charge on any atom is 2.00 e. The van der Waals surface area contributed by atoms with Crippen molar-refractivity contribution in [1.29, 1.82) is 0 Å². The molecule has 0 saturated carbocycles. The SMILES string of the molecule is C=CC.C=CC.C=CC.C=CC.C=CC.C=CC.C=CC.C=CC.C=CC.CC(C)(C)N=Cc1ccc[n-]1.CC(C)CN=Cc1ccc[n-]1.CC(C)N=Cc1ccc[n-]1.CCC(C)N=Cc1ccc[n-]1.CCCCN=Cc1ccc[n-]1.CCCN=Cc1ccc[n-]1.CCN=Cc1ccc[n-]1.CN=Cc1ccc[n-]1.[Co+2].[Co].[Co].[Co].[Co].[Co].[Co].[Co].[Co].[N-]=Cc1ccc[n-]1. The van der Waals surface area contributed by atoms with Gasteiger partial charge in [0, 0.05) is 229 Å². The Kier molecular flexibility index (Phi) is 180. The molecular weight excluding hydrogens is 1950 g/mol. The van der Waals surface area contributed by atoms with Crippen LogP contribution in [0.3, 0.4) is 0 Å². The molecule has 9 aromatic rings. The van der Waals surface area contributed by atoms with Gasteiger partial charge >= 0.3 is 16.8 Å². The van der Waals surface area contributed by atoms with E-state index in [0.29, 0.717) is 23.7 Å². The third-order valence-electron chi connectivity index (χ3n) is 10.3. The van der Waals surface area contributed by atoms with Gasteiger partial charge in [0.05, 0.1) is 5.54 Å². The zero-order valence-corrected chi connectivity index (χ0v) is 87.2. The van der Waals surface area contributed by atoms with Crippen LogP contribution in [0.25, 0.3) is 5.41 Å². The smallest absolute Gasteiger partial charge is 0.812 e. The maximum atomic E-state index is 8.24. The molecule has 0 aliphatic carbocycles. The van der Waals surface area contributed by atoms with E-state index in [4.69, 9.17) is 5.41 Å². The average molecular weight is 2100 g/mol. The largest absolute Gasteiger partial charge is 2.00 e. The molecule has 9 aromatic heterocycles. The van der Waals surface area contributed by atoms with E-state index in [1.165, 1.54) is 6.42 Å². The van der Waals surface area contributed by atoms with Gasteiger partial charge in [0.1, 0.15) is 0 Å². The minimum absolute atomic E-state index is 0. The molecule has 0 aromatic carbocycles. The first-order chi connectivity index (χ1) is 55.4. The Hall–Kier alpha value is -7.23. The fourth-order valence-corrected chi connectivity index (χ4v) is 5.67. The Labute approximate surface area is 847 Å². The summed E-state index contributed by atoms with van der Waals surface area (Å²) in [5.41, 5.74) is 8.15. The summed E-state index contributed by atoms with van der Waals surface area (Å²) in [5.74, 6) is 0.626. The zero-order chi connectivity index (χ0) is 88.9. The molecule has 0 fully saturated rings. The van der Waals surface area contributed by atoms with Gasteiger partial charge in [-0.3, -0.25) is 39.9 Å². The minimum atomic E-state index is -0.00104. The normalized spacial score (nSPS) is 9.06.